The molecule has 6 nitrogen and oxygen atoms in total. The van der Waals surface area contributed by atoms with Gasteiger partial charge in [-0.05, 0) is 35.6 Å². The number of amides is 1. The van der Waals surface area contributed by atoms with Gasteiger partial charge in [0.1, 0.15) is 19.0 Å². The van der Waals surface area contributed by atoms with Crippen LogP contribution < -0.4 is 0 Å². The number of likely N-dealkylation sites (tertiary alicyclic amines) is 1. The molecule has 1 fully saturated rings. The molecule has 0 bridgehead atoms. The van der Waals surface area contributed by atoms with Crippen molar-refractivity contribution in [2.24, 2.45) is 5.92 Å². The number of carbonyl (C=O) groups excluding carboxylic acids is 2. The molecule has 1 amide bonds. The van der Waals surface area contributed by atoms with E-state index in [0.29, 0.717) is 19.5 Å². The minimum absolute atomic E-state index is 0.000282. The van der Waals surface area contributed by atoms with E-state index in [0.717, 1.165) is 17.4 Å². The average Bonchev–Trinajstić information content (AvgIpc) is 2.77. The fourth-order valence-corrected chi connectivity index (χ4v) is 3.60. The molecule has 1 aliphatic rings. The zero-order chi connectivity index (χ0) is 21.3. The number of nitrogens with zero attached hydrogens (tertiary/aromatic N) is 1. The number of ether oxygens (including phenoxy) is 3. The summed E-state index contributed by atoms with van der Waals surface area (Å²) in [5.74, 6) is -0.505. The van der Waals surface area contributed by atoms with Gasteiger partial charge in [0.25, 0.3) is 0 Å². The van der Waals surface area contributed by atoms with Gasteiger partial charge < -0.3 is 19.1 Å². The second-order valence-corrected chi connectivity index (χ2v) is 7.04. The van der Waals surface area contributed by atoms with Gasteiger partial charge in [0, 0.05) is 19.0 Å². The highest BCUT2D eigenvalue weighted by atomic mass is 19.1. The summed E-state index contributed by atoms with van der Waals surface area (Å²) in [5.41, 5.74) is 1.83. The molecule has 2 atom stereocenters. The third kappa shape index (κ3) is 5.83. The Morgan fingerprint density at radius 2 is 1.83 bits per heavy atom. The molecule has 1 saturated heterocycles. The first kappa shape index (κ1) is 21.4. The quantitative estimate of drug-likeness (QED) is 0.500. The van der Waals surface area contributed by atoms with E-state index in [1.54, 1.807) is 17.0 Å². The molecule has 0 N–H and O–H groups in total. The summed E-state index contributed by atoms with van der Waals surface area (Å²) in [6, 6.07) is 15.7. The molecule has 0 saturated carbocycles. The average molecular weight is 413 g/mol. The van der Waals surface area contributed by atoms with Crippen LogP contribution in [-0.2, 0) is 20.8 Å². The summed E-state index contributed by atoms with van der Waals surface area (Å²) in [4.78, 5) is 25.7. The maximum absolute atomic E-state index is 13.3. The van der Waals surface area contributed by atoms with Crippen LogP contribution in [0.1, 0.15) is 23.5 Å². The highest BCUT2D eigenvalue weighted by Crippen LogP contribution is 2.34. The summed E-state index contributed by atoms with van der Waals surface area (Å²) >= 11 is 0. The molecule has 30 heavy (non-hydrogen) atoms. The molecule has 0 radical (unpaired) electrons. The van der Waals surface area contributed by atoms with E-state index in [2.05, 4.69) is 11.3 Å². The van der Waals surface area contributed by atoms with Gasteiger partial charge in [-0.2, -0.15) is 0 Å². The number of benzene rings is 2. The first-order chi connectivity index (χ1) is 14.6. The van der Waals surface area contributed by atoms with E-state index in [9.17, 15) is 14.0 Å². The van der Waals surface area contributed by atoms with E-state index in [-0.39, 0.29) is 30.9 Å². The Morgan fingerprint density at radius 1 is 1.10 bits per heavy atom. The van der Waals surface area contributed by atoms with Crippen molar-refractivity contribution in [1.29, 1.82) is 0 Å². The van der Waals surface area contributed by atoms with E-state index in [4.69, 9.17) is 9.47 Å². The van der Waals surface area contributed by atoms with Gasteiger partial charge in [-0.3, -0.25) is 0 Å². The fraction of sp³-hybridized carbons (Fsp3) is 0.304. The van der Waals surface area contributed by atoms with E-state index >= 15 is 0 Å². The number of piperidine rings is 1. The van der Waals surface area contributed by atoms with Crippen LogP contribution in [0.25, 0.3) is 0 Å². The zero-order valence-electron chi connectivity index (χ0n) is 16.5. The maximum Gasteiger partial charge on any atom is 0.513 e. The van der Waals surface area contributed by atoms with Gasteiger partial charge in [0.2, 0.25) is 0 Å². The Morgan fingerprint density at radius 3 is 2.53 bits per heavy atom. The van der Waals surface area contributed by atoms with Crippen LogP contribution in [0.4, 0.5) is 14.0 Å². The van der Waals surface area contributed by atoms with Gasteiger partial charge in [0.15, 0.2) is 0 Å². The van der Waals surface area contributed by atoms with Crippen LogP contribution in [0.15, 0.2) is 67.4 Å². The monoisotopic (exact) mass is 413 g/mol. The Hall–Kier alpha value is -3.35. The lowest BCUT2D eigenvalue weighted by Crippen LogP contribution is -2.45. The SMILES string of the molecule is C=COC(=O)OC[C@@H]1CN(C(=O)OCc2ccccc2)CC[C@H]1c1ccc(F)cc1. The predicted molar refractivity (Wildman–Crippen MR) is 108 cm³/mol. The second-order valence-electron chi connectivity index (χ2n) is 7.04. The van der Waals surface area contributed by atoms with Crippen LogP contribution in [0, 0.1) is 11.7 Å². The first-order valence-corrected chi connectivity index (χ1v) is 9.72. The Bertz CT molecular complexity index is 856. The van der Waals surface area contributed by atoms with Crippen molar-refractivity contribution in [1.82, 2.24) is 4.90 Å². The first-order valence-electron chi connectivity index (χ1n) is 9.72. The maximum atomic E-state index is 13.3. The van der Waals surface area contributed by atoms with Gasteiger partial charge in [0.05, 0.1) is 6.26 Å². The van der Waals surface area contributed by atoms with Crippen LogP contribution in [0.2, 0.25) is 0 Å². The minimum atomic E-state index is -0.855. The van der Waals surface area contributed by atoms with Crippen molar-refractivity contribution >= 4 is 12.2 Å². The Balaban J connectivity index is 1.65. The lowest BCUT2D eigenvalue weighted by atomic mass is 9.81. The lowest BCUT2D eigenvalue weighted by Gasteiger charge is -2.37. The summed E-state index contributed by atoms with van der Waals surface area (Å²) in [5, 5.41) is 0. The summed E-state index contributed by atoms with van der Waals surface area (Å²) in [6.45, 7) is 4.39. The van der Waals surface area contributed by atoms with E-state index in [1.807, 2.05) is 30.3 Å². The number of rotatable bonds is 6. The molecule has 2 aromatic rings. The highest BCUT2D eigenvalue weighted by molar-refractivity contribution is 5.68. The number of hydrogen-bond acceptors (Lipinski definition) is 5. The van der Waals surface area contributed by atoms with E-state index in [1.165, 1.54) is 12.1 Å². The molecule has 0 aromatic heterocycles. The van der Waals surface area contributed by atoms with Crippen molar-refractivity contribution in [2.75, 3.05) is 19.7 Å². The summed E-state index contributed by atoms with van der Waals surface area (Å²) in [6.07, 6.45) is 0.353. The van der Waals surface area contributed by atoms with Gasteiger partial charge in [-0.15, -0.1) is 0 Å². The molecule has 2 aromatic carbocycles. The predicted octanol–water partition coefficient (Wildman–Crippen LogP) is 4.86. The molecule has 1 aliphatic heterocycles. The molecule has 0 unspecified atom stereocenters. The summed E-state index contributed by atoms with van der Waals surface area (Å²) in [7, 11) is 0. The van der Waals surface area contributed by atoms with Crippen LogP contribution in [-0.4, -0.2) is 36.8 Å². The molecule has 158 valence electrons. The molecular formula is C23H24FNO5. The zero-order valence-corrected chi connectivity index (χ0v) is 16.5. The van der Waals surface area contributed by atoms with Gasteiger partial charge in [-0.1, -0.05) is 49.0 Å². The summed E-state index contributed by atoms with van der Waals surface area (Å²) < 4.78 is 28.5. The third-order valence-corrected chi connectivity index (χ3v) is 5.09. The topological polar surface area (TPSA) is 65.1 Å². The number of hydrogen-bond donors (Lipinski definition) is 0. The molecule has 3 rings (SSSR count). The van der Waals surface area contributed by atoms with Crippen molar-refractivity contribution in [3.05, 3.63) is 84.4 Å². The second kappa shape index (κ2) is 10.4. The smallest absolute Gasteiger partial charge is 0.445 e. The van der Waals surface area contributed by atoms with E-state index < -0.39 is 12.2 Å². The third-order valence-electron chi connectivity index (χ3n) is 5.09. The highest BCUT2D eigenvalue weighted by Gasteiger charge is 2.34. The Labute approximate surface area is 174 Å². The standard InChI is InChI=1S/C23H24FNO5/c1-2-28-23(27)30-16-19-14-25(22(26)29-15-17-6-4-3-5-7-17)13-12-21(19)18-8-10-20(24)11-9-18/h2-11,19,21H,1,12-16H2/t19-,21-/m0/s1. The lowest BCUT2D eigenvalue weighted by molar-refractivity contribution is 0.0375. The van der Waals surface area contributed by atoms with Crippen molar-refractivity contribution in [3.8, 4) is 0 Å². The molecule has 0 spiro atoms. The molecule has 7 heteroatoms. The van der Waals surface area contributed by atoms with Crippen molar-refractivity contribution in [2.45, 2.75) is 18.9 Å². The Kier molecular flexibility index (Phi) is 7.43. The van der Waals surface area contributed by atoms with Crippen molar-refractivity contribution < 1.29 is 28.2 Å². The van der Waals surface area contributed by atoms with Gasteiger partial charge in [-0.25, -0.2) is 14.0 Å². The molecule has 1 heterocycles. The normalized spacial score (nSPS) is 18.4. The van der Waals surface area contributed by atoms with Crippen molar-refractivity contribution in [3.63, 3.8) is 0 Å². The molecule has 0 aliphatic carbocycles. The number of halogens is 1. The van der Waals surface area contributed by atoms with Crippen LogP contribution in [0.3, 0.4) is 0 Å². The minimum Gasteiger partial charge on any atom is -0.445 e. The fourth-order valence-electron chi connectivity index (χ4n) is 3.60. The van der Waals surface area contributed by atoms with Crippen LogP contribution in [0.5, 0.6) is 0 Å². The van der Waals surface area contributed by atoms with Gasteiger partial charge >= 0.3 is 12.2 Å². The number of carbonyl (C=O) groups is 2. The molecular weight excluding hydrogens is 389 g/mol. The largest absolute Gasteiger partial charge is 0.513 e. The van der Waals surface area contributed by atoms with Crippen LogP contribution >= 0.6 is 0 Å².